The van der Waals surface area contributed by atoms with E-state index in [4.69, 9.17) is 11.5 Å². The number of anilines is 3. The fourth-order valence-corrected chi connectivity index (χ4v) is 2.21. The molecule has 0 aliphatic rings. The van der Waals surface area contributed by atoms with Gasteiger partial charge in [-0.05, 0) is 48.9 Å². The minimum atomic E-state index is -0.476. The normalized spacial score (nSPS) is 10.2. The number of amides is 1. The summed E-state index contributed by atoms with van der Waals surface area (Å²) >= 11 is 3.41. The molecular weight excluding hydrogens is 306 g/mol. The Morgan fingerprint density at radius 2 is 1.89 bits per heavy atom. The van der Waals surface area contributed by atoms with Gasteiger partial charge in [0.25, 0.3) is 0 Å². The molecule has 19 heavy (non-hydrogen) atoms. The Morgan fingerprint density at radius 1 is 1.16 bits per heavy atom. The van der Waals surface area contributed by atoms with E-state index in [1.165, 1.54) is 0 Å². The van der Waals surface area contributed by atoms with Crippen molar-refractivity contribution < 1.29 is 4.79 Å². The predicted molar refractivity (Wildman–Crippen MR) is 81.5 cm³/mol. The zero-order valence-corrected chi connectivity index (χ0v) is 12.0. The first-order chi connectivity index (χ1) is 8.97. The average molecular weight is 320 g/mol. The van der Waals surface area contributed by atoms with Crippen molar-refractivity contribution in [2.24, 2.45) is 5.73 Å². The van der Waals surface area contributed by atoms with Gasteiger partial charge in [0.15, 0.2) is 0 Å². The van der Waals surface area contributed by atoms with Crippen LogP contribution in [0.4, 0.5) is 17.1 Å². The molecule has 0 fully saturated rings. The van der Waals surface area contributed by atoms with E-state index in [2.05, 4.69) is 21.2 Å². The van der Waals surface area contributed by atoms with Crippen LogP contribution in [0.25, 0.3) is 0 Å². The third-order valence-electron chi connectivity index (χ3n) is 2.80. The van der Waals surface area contributed by atoms with Crippen LogP contribution in [-0.4, -0.2) is 5.91 Å². The van der Waals surface area contributed by atoms with Gasteiger partial charge in [0.1, 0.15) is 0 Å². The number of nitrogens with one attached hydrogen (secondary N) is 1. The molecular formula is C14H14BrN3O. The molecule has 2 rings (SSSR count). The van der Waals surface area contributed by atoms with Crippen molar-refractivity contribution in [3.05, 3.63) is 52.0 Å². The molecule has 98 valence electrons. The molecule has 0 unspecified atom stereocenters. The van der Waals surface area contributed by atoms with Gasteiger partial charge >= 0.3 is 0 Å². The standard InChI is InChI=1S/C14H14BrN3O/c1-8-6-10(15)3-5-12(8)18-13-7-9(14(17)19)2-4-11(13)16/h2-7,18H,16H2,1H3,(H2,17,19). The molecule has 1 amide bonds. The van der Waals surface area contributed by atoms with Gasteiger partial charge < -0.3 is 16.8 Å². The van der Waals surface area contributed by atoms with Gasteiger partial charge in [-0.2, -0.15) is 0 Å². The van der Waals surface area contributed by atoms with E-state index in [0.717, 1.165) is 15.7 Å². The zero-order valence-electron chi connectivity index (χ0n) is 10.4. The number of carbonyl (C=O) groups is 1. The number of primary amides is 1. The van der Waals surface area contributed by atoms with E-state index in [0.29, 0.717) is 16.9 Å². The summed E-state index contributed by atoms with van der Waals surface area (Å²) in [6.45, 7) is 1.99. The molecule has 0 aromatic heterocycles. The van der Waals surface area contributed by atoms with Gasteiger partial charge in [-0.15, -0.1) is 0 Å². The number of aryl methyl sites for hydroxylation is 1. The summed E-state index contributed by atoms with van der Waals surface area (Å²) in [6, 6.07) is 10.8. The smallest absolute Gasteiger partial charge is 0.248 e. The number of hydrogen-bond donors (Lipinski definition) is 3. The molecule has 0 saturated carbocycles. The maximum atomic E-state index is 11.2. The Bertz CT molecular complexity index is 641. The highest BCUT2D eigenvalue weighted by atomic mass is 79.9. The highest BCUT2D eigenvalue weighted by molar-refractivity contribution is 9.10. The molecule has 2 aromatic rings. The van der Waals surface area contributed by atoms with Crippen LogP contribution >= 0.6 is 15.9 Å². The number of rotatable bonds is 3. The van der Waals surface area contributed by atoms with Gasteiger partial charge in [-0.3, -0.25) is 4.79 Å². The number of carbonyl (C=O) groups excluding carboxylic acids is 1. The number of nitrogens with two attached hydrogens (primary N) is 2. The molecule has 5 N–H and O–H groups in total. The second-order valence-electron chi connectivity index (χ2n) is 4.25. The van der Waals surface area contributed by atoms with Crippen LogP contribution in [0.3, 0.4) is 0 Å². The highest BCUT2D eigenvalue weighted by Crippen LogP contribution is 2.27. The largest absolute Gasteiger partial charge is 0.397 e. The molecule has 2 aromatic carbocycles. The van der Waals surface area contributed by atoms with Crippen LogP contribution in [0.15, 0.2) is 40.9 Å². The zero-order chi connectivity index (χ0) is 14.0. The molecule has 0 spiro atoms. The maximum absolute atomic E-state index is 11.2. The monoisotopic (exact) mass is 319 g/mol. The topological polar surface area (TPSA) is 81.1 Å². The van der Waals surface area contributed by atoms with Crippen molar-refractivity contribution in [3.8, 4) is 0 Å². The third kappa shape index (κ3) is 3.06. The maximum Gasteiger partial charge on any atom is 0.248 e. The molecule has 0 bridgehead atoms. The summed E-state index contributed by atoms with van der Waals surface area (Å²) in [5.74, 6) is -0.476. The van der Waals surface area contributed by atoms with Crippen molar-refractivity contribution in [2.45, 2.75) is 6.92 Å². The van der Waals surface area contributed by atoms with E-state index < -0.39 is 5.91 Å². The number of nitrogen functional groups attached to an aromatic ring is 1. The molecule has 0 aliphatic heterocycles. The summed E-state index contributed by atoms with van der Waals surface area (Å²) < 4.78 is 1.01. The van der Waals surface area contributed by atoms with Crippen molar-refractivity contribution in [3.63, 3.8) is 0 Å². The third-order valence-corrected chi connectivity index (χ3v) is 3.29. The Balaban J connectivity index is 2.37. The Labute approximate surface area is 119 Å². The van der Waals surface area contributed by atoms with Crippen molar-refractivity contribution in [1.29, 1.82) is 0 Å². The minimum Gasteiger partial charge on any atom is -0.397 e. The lowest BCUT2D eigenvalue weighted by Crippen LogP contribution is -2.11. The first-order valence-electron chi connectivity index (χ1n) is 5.70. The van der Waals surface area contributed by atoms with Crippen LogP contribution in [0.1, 0.15) is 15.9 Å². The molecule has 0 saturated heterocycles. The van der Waals surface area contributed by atoms with Gasteiger partial charge in [0.05, 0.1) is 11.4 Å². The van der Waals surface area contributed by atoms with E-state index in [-0.39, 0.29) is 0 Å². The Morgan fingerprint density at radius 3 is 2.53 bits per heavy atom. The summed E-state index contributed by atoms with van der Waals surface area (Å²) in [4.78, 5) is 11.2. The second-order valence-corrected chi connectivity index (χ2v) is 5.17. The number of benzene rings is 2. The van der Waals surface area contributed by atoms with Gasteiger partial charge in [0, 0.05) is 15.7 Å². The summed E-state index contributed by atoms with van der Waals surface area (Å²) in [5.41, 5.74) is 14.8. The summed E-state index contributed by atoms with van der Waals surface area (Å²) in [6.07, 6.45) is 0. The molecule has 0 heterocycles. The molecule has 0 aliphatic carbocycles. The van der Waals surface area contributed by atoms with Gasteiger partial charge in [-0.1, -0.05) is 15.9 Å². The Kier molecular flexibility index (Phi) is 3.76. The molecule has 4 nitrogen and oxygen atoms in total. The van der Waals surface area contributed by atoms with Crippen molar-refractivity contribution in [1.82, 2.24) is 0 Å². The lowest BCUT2D eigenvalue weighted by molar-refractivity contribution is 0.100. The van der Waals surface area contributed by atoms with Crippen molar-refractivity contribution in [2.75, 3.05) is 11.1 Å². The SMILES string of the molecule is Cc1cc(Br)ccc1Nc1cc(C(N)=O)ccc1N. The number of halogens is 1. The lowest BCUT2D eigenvalue weighted by atomic mass is 10.1. The van der Waals surface area contributed by atoms with Crippen molar-refractivity contribution >= 4 is 38.9 Å². The van der Waals surface area contributed by atoms with Crippen LogP contribution < -0.4 is 16.8 Å². The average Bonchev–Trinajstić information content (AvgIpc) is 2.34. The first kappa shape index (κ1) is 13.4. The fourth-order valence-electron chi connectivity index (χ4n) is 1.73. The summed E-state index contributed by atoms with van der Waals surface area (Å²) in [7, 11) is 0. The molecule has 0 atom stereocenters. The van der Waals surface area contributed by atoms with E-state index in [1.807, 2.05) is 25.1 Å². The van der Waals surface area contributed by atoms with Crippen LogP contribution in [-0.2, 0) is 0 Å². The molecule has 5 heteroatoms. The van der Waals surface area contributed by atoms with Crippen LogP contribution in [0, 0.1) is 6.92 Å². The second kappa shape index (κ2) is 5.32. The highest BCUT2D eigenvalue weighted by Gasteiger charge is 2.07. The van der Waals surface area contributed by atoms with E-state index in [9.17, 15) is 4.79 Å². The first-order valence-corrected chi connectivity index (χ1v) is 6.49. The minimum absolute atomic E-state index is 0.423. The van der Waals surface area contributed by atoms with E-state index >= 15 is 0 Å². The number of hydrogen-bond acceptors (Lipinski definition) is 3. The van der Waals surface area contributed by atoms with Gasteiger partial charge in [0.2, 0.25) is 5.91 Å². The van der Waals surface area contributed by atoms with E-state index in [1.54, 1.807) is 18.2 Å². The van der Waals surface area contributed by atoms with Crippen LogP contribution in [0.5, 0.6) is 0 Å². The van der Waals surface area contributed by atoms with Crippen LogP contribution in [0.2, 0.25) is 0 Å². The Hall–Kier alpha value is -2.01. The quantitative estimate of drug-likeness (QED) is 0.760. The van der Waals surface area contributed by atoms with Gasteiger partial charge in [-0.25, -0.2) is 0 Å². The summed E-state index contributed by atoms with van der Waals surface area (Å²) in [5, 5.41) is 3.21. The predicted octanol–water partition coefficient (Wildman–Crippen LogP) is 3.18. The fraction of sp³-hybridized carbons (Fsp3) is 0.0714. The lowest BCUT2D eigenvalue weighted by Gasteiger charge is -2.13. The molecule has 0 radical (unpaired) electrons.